The van der Waals surface area contributed by atoms with Crippen LogP contribution in [0.4, 0.5) is 8.78 Å². The number of halogens is 2. The van der Waals surface area contributed by atoms with E-state index in [0.29, 0.717) is 0 Å². The van der Waals surface area contributed by atoms with Gasteiger partial charge in [0, 0.05) is 11.6 Å². The minimum absolute atomic E-state index is 0.156. The number of hydrogen-bond acceptors (Lipinski definition) is 3. The Morgan fingerprint density at radius 3 is 2.40 bits per heavy atom. The molecule has 1 aromatic rings. The lowest BCUT2D eigenvalue weighted by atomic mass is 10.2. The van der Waals surface area contributed by atoms with Crippen molar-refractivity contribution < 1.29 is 21.9 Å². The van der Waals surface area contributed by atoms with Crippen molar-refractivity contribution in [3.63, 3.8) is 0 Å². The van der Waals surface area contributed by atoms with E-state index in [4.69, 9.17) is 9.88 Å². The van der Waals surface area contributed by atoms with Crippen molar-refractivity contribution in [1.82, 2.24) is 0 Å². The number of nitrogens with two attached hydrogens (primary N) is 1. The molecule has 7 heteroatoms. The molecular formula is C8H9F2NO3S. The van der Waals surface area contributed by atoms with Crippen LogP contribution in [0.15, 0.2) is 23.1 Å². The second-order valence-electron chi connectivity index (χ2n) is 2.75. The van der Waals surface area contributed by atoms with Crippen molar-refractivity contribution in [2.24, 2.45) is 5.14 Å². The van der Waals surface area contributed by atoms with Crippen LogP contribution in [-0.2, 0) is 10.0 Å². The molecule has 1 aromatic carbocycles. The van der Waals surface area contributed by atoms with Gasteiger partial charge in [-0.2, -0.15) is 0 Å². The normalized spacial score (nSPS) is 11.8. The summed E-state index contributed by atoms with van der Waals surface area (Å²) in [7, 11) is -2.88. The standard InChI is InChI=1S/C8H9F2NO3S/c1-14-5-2-3-6(8(9)10)7(4-5)15(11,12)13/h2-4,8H,1H3,(H2,11,12,13). The van der Waals surface area contributed by atoms with Crippen LogP contribution in [0.3, 0.4) is 0 Å². The van der Waals surface area contributed by atoms with Gasteiger partial charge in [-0.05, 0) is 12.1 Å². The van der Waals surface area contributed by atoms with E-state index in [1.807, 2.05) is 0 Å². The summed E-state index contributed by atoms with van der Waals surface area (Å²) >= 11 is 0. The molecule has 2 N–H and O–H groups in total. The van der Waals surface area contributed by atoms with Crippen LogP contribution in [0, 0.1) is 0 Å². The Bertz CT molecular complexity index is 459. The molecule has 84 valence electrons. The summed E-state index contributed by atoms with van der Waals surface area (Å²) in [5.41, 5.74) is -0.627. The average molecular weight is 237 g/mol. The van der Waals surface area contributed by atoms with Gasteiger partial charge in [-0.25, -0.2) is 22.3 Å². The van der Waals surface area contributed by atoms with Gasteiger partial charge in [0.05, 0.1) is 12.0 Å². The van der Waals surface area contributed by atoms with E-state index in [1.165, 1.54) is 13.2 Å². The molecule has 0 aromatic heterocycles. The number of primary sulfonamides is 1. The molecule has 0 aliphatic heterocycles. The Hall–Kier alpha value is -1.21. The maximum Gasteiger partial charge on any atom is 0.265 e. The van der Waals surface area contributed by atoms with Crippen molar-refractivity contribution in [3.8, 4) is 5.75 Å². The topological polar surface area (TPSA) is 69.4 Å². The third kappa shape index (κ3) is 2.63. The summed E-state index contributed by atoms with van der Waals surface area (Å²) in [5.74, 6) is 0.156. The molecule has 15 heavy (non-hydrogen) atoms. The second-order valence-corrected chi connectivity index (χ2v) is 4.28. The summed E-state index contributed by atoms with van der Waals surface area (Å²) in [5, 5.41) is 4.80. The Morgan fingerprint density at radius 2 is 2.00 bits per heavy atom. The quantitative estimate of drug-likeness (QED) is 0.860. The van der Waals surface area contributed by atoms with Gasteiger partial charge in [0.25, 0.3) is 6.43 Å². The maximum atomic E-state index is 12.4. The molecule has 0 bridgehead atoms. The highest BCUT2D eigenvalue weighted by Gasteiger charge is 2.21. The van der Waals surface area contributed by atoms with Crippen molar-refractivity contribution in [1.29, 1.82) is 0 Å². The number of methoxy groups -OCH3 is 1. The molecule has 0 radical (unpaired) electrons. The molecule has 0 fully saturated rings. The second kappa shape index (κ2) is 4.11. The molecule has 0 saturated carbocycles. The molecule has 0 spiro atoms. The Balaban J connectivity index is 3.43. The van der Waals surface area contributed by atoms with Gasteiger partial charge in [-0.3, -0.25) is 0 Å². The molecule has 0 amide bonds. The van der Waals surface area contributed by atoms with E-state index in [9.17, 15) is 17.2 Å². The fourth-order valence-corrected chi connectivity index (χ4v) is 1.83. The molecule has 0 heterocycles. The first-order valence-corrected chi connectivity index (χ1v) is 5.39. The fraction of sp³-hybridized carbons (Fsp3) is 0.250. The van der Waals surface area contributed by atoms with Gasteiger partial charge < -0.3 is 4.74 Å². The highest BCUT2D eigenvalue weighted by molar-refractivity contribution is 7.89. The van der Waals surface area contributed by atoms with E-state index in [2.05, 4.69) is 0 Å². The summed E-state index contributed by atoms with van der Waals surface area (Å²) in [6.45, 7) is 0. The molecule has 0 aliphatic carbocycles. The molecule has 0 saturated heterocycles. The minimum atomic E-state index is -4.17. The van der Waals surface area contributed by atoms with E-state index < -0.39 is 26.9 Å². The average Bonchev–Trinajstić information content (AvgIpc) is 2.15. The van der Waals surface area contributed by atoms with Gasteiger partial charge in [0.1, 0.15) is 5.75 Å². The molecule has 0 unspecified atom stereocenters. The summed E-state index contributed by atoms with van der Waals surface area (Å²) in [4.78, 5) is -0.614. The first-order chi connectivity index (χ1) is 6.86. The SMILES string of the molecule is COc1ccc(C(F)F)c(S(N)(=O)=O)c1. The van der Waals surface area contributed by atoms with E-state index in [1.54, 1.807) is 0 Å². The smallest absolute Gasteiger partial charge is 0.265 e. The predicted molar refractivity (Wildman–Crippen MR) is 49.3 cm³/mol. The van der Waals surface area contributed by atoms with Gasteiger partial charge in [-0.15, -0.1) is 0 Å². The number of alkyl halides is 2. The Morgan fingerprint density at radius 1 is 1.40 bits per heavy atom. The number of hydrogen-bond donors (Lipinski definition) is 1. The van der Waals surface area contributed by atoms with Gasteiger partial charge in [0.2, 0.25) is 10.0 Å². The monoisotopic (exact) mass is 237 g/mol. The van der Waals surface area contributed by atoms with Crippen LogP contribution in [0.5, 0.6) is 5.75 Å². The van der Waals surface area contributed by atoms with Crippen molar-refractivity contribution in [2.75, 3.05) is 7.11 Å². The van der Waals surface area contributed by atoms with Crippen LogP contribution in [-0.4, -0.2) is 15.5 Å². The van der Waals surface area contributed by atoms with Crippen LogP contribution in [0.1, 0.15) is 12.0 Å². The van der Waals surface area contributed by atoms with E-state index in [0.717, 1.165) is 12.1 Å². The molecule has 0 aliphatic rings. The number of sulfonamides is 1. The molecular weight excluding hydrogens is 228 g/mol. The highest BCUT2D eigenvalue weighted by Crippen LogP contribution is 2.28. The van der Waals surface area contributed by atoms with Crippen LogP contribution >= 0.6 is 0 Å². The summed E-state index contributed by atoms with van der Waals surface area (Å²) in [6.07, 6.45) is -2.90. The van der Waals surface area contributed by atoms with Crippen LogP contribution in [0.25, 0.3) is 0 Å². The van der Waals surface area contributed by atoms with Crippen LogP contribution < -0.4 is 9.88 Å². The third-order valence-corrected chi connectivity index (χ3v) is 2.73. The fourth-order valence-electron chi connectivity index (χ4n) is 1.07. The van der Waals surface area contributed by atoms with Crippen molar-refractivity contribution >= 4 is 10.0 Å². The highest BCUT2D eigenvalue weighted by atomic mass is 32.2. The molecule has 4 nitrogen and oxygen atoms in total. The predicted octanol–water partition coefficient (Wildman–Crippen LogP) is 1.28. The molecule has 1 rings (SSSR count). The lowest BCUT2D eigenvalue weighted by molar-refractivity contribution is 0.148. The largest absolute Gasteiger partial charge is 0.497 e. The minimum Gasteiger partial charge on any atom is -0.497 e. The maximum absolute atomic E-state index is 12.4. The number of ether oxygens (including phenoxy) is 1. The van der Waals surface area contributed by atoms with E-state index >= 15 is 0 Å². The van der Waals surface area contributed by atoms with Crippen molar-refractivity contribution in [2.45, 2.75) is 11.3 Å². The summed E-state index contributed by atoms with van der Waals surface area (Å²) < 4.78 is 51.6. The number of rotatable bonds is 3. The zero-order valence-corrected chi connectivity index (χ0v) is 8.59. The Labute approximate surface area is 85.7 Å². The molecule has 0 atom stereocenters. The lowest BCUT2D eigenvalue weighted by Gasteiger charge is -2.08. The summed E-state index contributed by atoms with van der Waals surface area (Å²) in [6, 6.07) is 3.19. The zero-order chi connectivity index (χ0) is 11.6. The number of benzene rings is 1. The first-order valence-electron chi connectivity index (χ1n) is 3.85. The van der Waals surface area contributed by atoms with Gasteiger partial charge in [-0.1, -0.05) is 0 Å². The van der Waals surface area contributed by atoms with Gasteiger partial charge >= 0.3 is 0 Å². The van der Waals surface area contributed by atoms with E-state index in [-0.39, 0.29) is 5.75 Å². The zero-order valence-electron chi connectivity index (χ0n) is 7.78. The first kappa shape index (κ1) is 11.9. The Kier molecular flexibility index (Phi) is 3.25. The van der Waals surface area contributed by atoms with Crippen LogP contribution in [0.2, 0.25) is 0 Å². The van der Waals surface area contributed by atoms with Crippen molar-refractivity contribution in [3.05, 3.63) is 23.8 Å². The lowest BCUT2D eigenvalue weighted by Crippen LogP contribution is -2.15. The van der Waals surface area contributed by atoms with Gasteiger partial charge in [0.15, 0.2) is 0 Å². The third-order valence-electron chi connectivity index (χ3n) is 1.76.